The Morgan fingerprint density at radius 1 is 1.14 bits per heavy atom. The van der Waals surface area contributed by atoms with Crippen molar-refractivity contribution < 1.29 is 4.39 Å². The molecule has 106 valence electrons. The number of benzene rings is 1. The van der Waals surface area contributed by atoms with Crippen molar-refractivity contribution in [3.05, 3.63) is 42.6 Å². The van der Waals surface area contributed by atoms with Gasteiger partial charge in [-0.1, -0.05) is 18.2 Å². The number of anilines is 1. The van der Waals surface area contributed by atoms with Gasteiger partial charge in [0, 0.05) is 11.9 Å². The zero-order valence-electron chi connectivity index (χ0n) is 11.2. The van der Waals surface area contributed by atoms with Crippen LogP contribution in [0.1, 0.15) is 6.92 Å². The third-order valence-electron chi connectivity index (χ3n) is 2.75. The van der Waals surface area contributed by atoms with E-state index in [1.165, 1.54) is 18.1 Å². The molecule has 0 atom stereocenters. The van der Waals surface area contributed by atoms with Crippen molar-refractivity contribution in [2.24, 2.45) is 0 Å². The zero-order valence-corrected chi connectivity index (χ0v) is 12.1. The summed E-state index contributed by atoms with van der Waals surface area (Å²) in [6, 6.07) is 7.60. The molecule has 0 aliphatic heterocycles. The summed E-state index contributed by atoms with van der Waals surface area (Å²) in [5.74, 6) is -0.0656. The van der Waals surface area contributed by atoms with Crippen LogP contribution in [0.3, 0.4) is 0 Å². The minimum atomic E-state index is -0.468. The van der Waals surface area contributed by atoms with Crippen LogP contribution in [0.5, 0.6) is 0 Å². The van der Waals surface area contributed by atoms with Crippen LogP contribution in [0.15, 0.2) is 46.8 Å². The summed E-state index contributed by atoms with van der Waals surface area (Å²) >= 11 is 1.17. The number of para-hydroxylation sites is 1. The number of halogens is 1. The molecule has 0 spiro atoms. The molecule has 0 radical (unpaired) electrons. The van der Waals surface area contributed by atoms with Crippen molar-refractivity contribution in [3.63, 3.8) is 0 Å². The van der Waals surface area contributed by atoms with Crippen molar-refractivity contribution >= 4 is 28.6 Å². The fourth-order valence-electron chi connectivity index (χ4n) is 1.82. The zero-order chi connectivity index (χ0) is 14.7. The molecule has 3 aromatic rings. The van der Waals surface area contributed by atoms with Crippen molar-refractivity contribution in [2.75, 3.05) is 11.9 Å². The Bertz CT molecular complexity index is 775. The lowest BCUT2D eigenvalue weighted by Crippen LogP contribution is -2.03. The van der Waals surface area contributed by atoms with E-state index in [1.54, 1.807) is 0 Å². The third kappa shape index (κ3) is 2.92. The van der Waals surface area contributed by atoms with Crippen LogP contribution in [0, 0.1) is 5.82 Å². The van der Waals surface area contributed by atoms with Crippen LogP contribution in [0.25, 0.3) is 10.9 Å². The van der Waals surface area contributed by atoms with Crippen LogP contribution in [0.2, 0.25) is 0 Å². The monoisotopic (exact) mass is 301 g/mol. The molecule has 2 heterocycles. The average molecular weight is 301 g/mol. The Balaban J connectivity index is 2.00. The van der Waals surface area contributed by atoms with Crippen molar-refractivity contribution in [2.45, 2.75) is 17.0 Å². The Hall–Kier alpha value is -2.28. The van der Waals surface area contributed by atoms with Crippen LogP contribution in [-0.4, -0.2) is 26.5 Å². The summed E-state index contributed by atoms with van der Waals surface area (Å²) in [5.41, 5.74) is 0.816. The van der Waals surface area contributed by atoms with E-state index in [-0.39, 0.29) is 5.03 Å². The van der Waals surface area contributed by atoms with Crippen LogP contribution < -0.4 is 5.32 Å². The Morgan fingerprint density at radius 3 is 2.86 bits per heavy atom. The molecule has 0 bridgehead atoms. The number of nitrogens with one attached hydrogen (secondary N) is 1. The summed E-state index contributed by atoms with van der Waals surface area (Å²) in [6.45, 7) is 2.60. The van der Waals surface area contributed by atoms with Gasteiger partial charge in [-0.15, -0.1) is 0 Å². The molecule has 0 unspecified atom stereocenters. The molecule has 7 heteroatoms. The average Bonchev–Trinajstić information content (AvgIpc) is 2.51. The maximum atomic E-state index is 13.9. The minimum absolute atomic E-state index is 0.241. The second-order valence-electron chi connectivity index (χ2n) is 4.18. The van der Waals surface area contributed by atoms with E-state index in [1.807, 2.05) is 31.2 Å². The van der Waals surface area contributed by atoms with Crippen LogP contribution >= 0.6 is 11.8 Å². The minimum Gasteiger partial charge on any atom is -0.354 e. The maximum absolute atomic E-state index is 13.9. The van der Waals surface area contributed by atoms with Crippen LogP contribution in [-0.2, 0) is 0 Å². The first-order valence-corrected chi connectivity index (χ1v) is 7.23. The maximum Gasteiger partial charge on any atom is 0.223 e. The first-order valence-electron chi connectivity index (χ1n) is 6.42. The molecular weight excluding hydrogens is 289 g/mol. The second-order valence-corrected chi connectivity index (χ2v) is 5.15. The lowest BCUT2D eigenvalue weighted by Gasteiger charge is -2.06. The fourth-order valence-corrected chi connectivity index (χ4v) is 2.67. The lowest BCUT2D eigenvalue weighted by atomic mass is 10.2. The molecule has 0 saturated heterocycles. The molecule has 0 aliphatic carbocycles. The molecule has 1 N–H and O–H groups in total. The van der Waals surface area contributed by atoms with E-state index in [0.29, 0.717) is 17.5 Å². The summed E-state index contributed by atoms with van der Waals surface area (Å²) in [6.07, 6.45) is 2.63. The highest BCUT2D eigenvalue weighted by Crippen LogP contribution is 2.31. The van der Waals surface area contributed by atoms with Gasteiger partial charge < -0.3 is 5.32 Å². The van der Waals surface area contributed by atoms with Gasteiger partial charge in [-0.2, -0.15) is 0 Å². The topological polar surface area (TPSA) is 63.6 Å². The summed E-state index contributed by atoms with van der Waals surface area (Å²) in [7, 11) is 0. The van der Waals surface area contributed by atoms with E-state index in [0.717, 1.165) is 17.1 Å². The number of hydrogen-bond donors (Lipinski definition) is 1. The first kappa shape index (κ1) is 13.7. The Morgan fingerprint density at radius 2 is 2.00 bits per heavy atom. The molecule has 0 fully saturated rings. The SMILES string of the molecule is CCNc1ncc(F)c(Sc2ncnc3ccccc23)n1. The number of nitrogens with zero attached hydrogens (tertiary/aromatic N) is 4. The molecule has 21 heavy (non-hydrogen) atoms. The molecule has 1 aromatic carbocycles. The summed E-state index contributed by atoms with van der Waals surface area (Å²) in [5, 5.41) is 4.74. The third-order valence-corrected chi connectivity index (χ3v) is 3.74. The van der Waals surface area contributed by atoms with Crippen molar-refractivity contribution in [1.29, 1.82) is 0 Å². The predicted octanol–water partition coefficient (Wildman–Crippen LogP) is 3.14. The van der Waals surface area contributed by atoms with E-state index in [4.69, 9.17) is 0 Å². The fraction of sp³-hybridized carbons (Fsp3) is 0.143. The largest absolute Gasteiger partial charge is 0.354 e. The van der Waals surface area contributed by atoms with Gasteiger partial charge in [-0.3, -0.25) is 0 Å². The molecule has 0 aliphatic rings. The molecular formula is C14H12FN5S. The van der Waals surface area contributed by atoms with Gasteiger partial charge in [-0.05, 0) is 24.8 Å². The highest BCUT2D eigenvalue weighted by atomic mass is 32.2. The van der Waals surface area contributed by atoms with E-state index < -0.39 is 5.82 Å². The van der Waals surface area contributed by atoms with Gasteiger partial charge >= 0.3 is 0 Å². The number of fused-ring (bicyclic) bond motifs is 1. The van der Waals surface area contributed by atoms with Crippen LogP contribution in [0.4, 0.5) is 10.3 Å². The van der Waals surface area contributed by atoms with E-state index in [2.05, 4.69) is 25.3 Å². The highest BCUT2D eigenvalue weighted by molar-refractivity contribution is 7.99. The molecule has 0 saturated carbocycles. The highest BCUT2D eigenvalue weighted by Gasteiger charge is 2.12. The van der Waals surface area contributed by atoms with Crippen molar-refractivity contribution in [3.8, 4) is 0 Å². The predicted molar refractivity (Wildman–Crippen MR) is 79.8 cm³/mol. The van der Waals surface area contributed by atoms with Gasteiger partial charge in [0.05, 0.1) is 11.7 Å². The molecule has 2 aromatic heterocycles. The standard InChI is InChI=1S/C14H12FN5S/c1-2-16-14-17-7-10(15)13(20-14)21-12-9-5-3-4-6-11(9)18-8-19-12/h3-8H,2H2,1H3,(H,16,17,20). The molecule has 3 rings (SSSR count). The second kappa shape index (κ2) is 6.01. The number of hydrogen-bond acceptors (Lipinski definition) is 6. The quantitative estimate of drug-likeness (QED) is 0.747. The van der Waals surface area contributed by atoms with E-state index in [9.17, 15) is 4.39 Å². The van der Waals surface area contributed by atoms with E-state index >= 15 is 0 Å². The normalized spacial score (nSPS) is 10.8. The van der Waals surface area contributed by atoms with Gasteiger partial charge in [-0.25, -0.2) is 24.3 Å². The Labute approximate surface area is 125 Å². The van der Waals surface area contributed by atoms with Crippen molar-refractivity contribution in [1.82, 2.24) is 19.9 Å². The Kier molecular flexibility index (Phi) is 3.92. The van der Waals surface area contributed by atoms with Gasteiger partial charge in [0.2, 0.25) is 5.95 Å². The first-order chi connectivity index (χ1) is 10.3. The number of rotatable bonds is 4. The summed E-state index contributed by atoms with van der Waals surface area (Å²) < 4.78 is 13.9. The van der Waals surface area contributed by atoms with Gasteiger partial charge in [0.25, 0.3) is 0 Å². The smallest absolute Gasteiger partial charge is 0.223 e. The van der Waals surface area contributed by atoms with Gasteiger partial charge in [0.1, 0.15) is 16.4 Å². The molecule has 5 nitrogen and oxygen atoms in total. The lowest BCUT2D eigenvalue weighted by molar-refractivity contribution is 0.580. The number of aromatic nitrogens is 4. The summed E-state index contributed by atoms with van der Waals surface area (Å²) in [4.78, 5) is 16.5. The van der Waals surface area contributed by atoms with Gasteiger partial charge in [0.15, 0.2) is 5.82 Å². The molecule has 0 amide bonds.